The third-order valence-electron chi connectivity index (χ3n) is 1.01. The van der Waals surface area contributed by atoms with Crippen LogP contribution in [0.1, 0.15) is 27.7 Å². The molecule has 0 saturated heterocycles. The maximum absolute atomic E-state index is 11.1. The molecule has 1 amide bonds. The largest absolute Gasteiger partial charge is 0.444 e. The summed E-state index contributed by atoms with van der Waals surface area (Å²) in [5.74, 6) is 0. The van der Waals surface area contributed by atoms with E-state index in [9.17, 15) is 4.79 Å². The number of hydrogen-bond acceptors (Lipinski definition) is 4. The van der Waals surface area contributed by atoms with Crippen LogP contribution in [0.2, 0.25) is 0 Å². The first-order valence-corrected chi connectivity index (χ1v) is 4.15. The molecule has 0 rings (SSSR count). The first kappa shape index (κ1) is 12.2. The van der Waals surface area contributed by atoms with E-state index in [1.54, 1.807) is 27.7 Å². The van der Waals surface area contributed by atoms with Crippen LogP contribution in [0.4, 0.5) is 4.79 Å². The van der Waals surface area contributed by atoms with Gasteiger partial charge in [0, 0.05) is 0 Å². The standard InChI is InChI=1S/C8H19N3O2/c1-7(2,3)13-6(12)11-5-8(4,9)10/h5,9-10H2,1-4H3,(H,11,12). The monoisotopic (exact) mass is 189 g/mol. The van der Waals surface area contributed by atoms with Crippen molar-refractivity contribution in [3.05, 3.63) is 0 Å². The summed E-state index contributed by atoms with van der Waals surface area (Å²) >= 11 is 0. The molecule has 78 valence electrons. The number of nitrogens with one attached hydrogen (secondary N) is 1. The minimum atomic E-state index is -0.906. The summed E-state index contributed by atoms with van der Waals surface area (Å²) < 4.78 is 4.97. The number of amides is 1. The molecule has 0 aromatic heterocycles. The maximum atomic E-state index is 11.1. The van der Waals surface area contributed by atoms with Gasteiger partial charge in [0.15, 0.2) is 0 Å². The third kappa shape index (κ3) is 9.10. The van der Waals surface area contributed by atoms with Crippen molar-refractivity contribution in [2.24, 2.45) is 11.5 Å². The van der Waals surface area contributed by atoms with E-state index in [0.717, 1.165) is 0 Å². The van der Waals surface area contributed by atoms with Gasteiger partial charge in [-0.3, -0.25) is 0 Å². The summed E-state index contributed by atoms with van der Waals surface area (Å²) in [5.41, 5.74) is 9.51. The van der Waals surface area contributed by atoms with Gasteiger partial charge < -0.3 is 21.5 Å². The second-order valence-electron chi connectivity index (χ2n) is 4.36. The summed E-state index contributed by atoms with van der Waals surface area (Å²) in [6, 6.07) is 0. The first-order chi connectivity index (χ1) is 5.60. The van der Waals surface area contributed by atoms with Crippen LogP contribution < -0.4 is 16.8 Å². The molecule has 5 nitrogen and oxygen atoms in total. The van der Waals surface area contributed by atoms with Crippen molar-refractivity contribution in [2.45, 2.75) is 39.0 Å². The van der Waals surface area contributed by atoms with E-state index in [2.05, 4.69) is 5.32 Å². The fraction of sp³-hybridized carbons (Fsp3) is 0.875. The molecular formula is C8H19N3O2. The minimum absolute atomic E-state index is 0.182. The Labute approximate surface area is 78.8 Å². The Bertz CT molecular complexity index is 179. The van der Waals surface area contributed by atoms with Gasteiger partial charge >= 0.3 is 6.09 Å². The molecule has 5 N–H and O–H groups in total. The lowest BCUT2D eigenvalue weighted by Gasteiger charge is -2.23. The lowest BCUT2D eigenvalue weighted by atomic mass is 10.2. The zero-order chi connectivity index (χ0) is 10.7. The Hall–Kier alpha value is -0.810. The highest BCUT2D eigenvalue weighted by Gasteiger charge is 2.18. The molecule has 0 saturated carbocycles. The lowest BCUT2D eigenvalue weighted by molar-refractivity contribution is 0.0517. The van der Waals surface area contributed by atoms with Gasteiger partial charge in [0.25, 0.3) is 0 Å². The van der Waals surface area contributed by atoms with Crippen LogP contribution in [0.25, 0.3) is 0 Å². The molecule has 0 heterocycles. The quantitative estimate of drug-likeness (QED) is 0.539. The Morgan fingerprint density at radius 1 is 1.31 bits per heavy atom. The van der Waals surface area contributed by atoms with Crippen LogP contribution in [0, 0.1) is 0 Å². The smallest absolute Gasteiger partial charge is 0.407 e. The average Bonchev–Trinajstić information content (AvgIpc) is 1.78. The number of nitrogens with two attached hydrogens (primary N) is 2. The number of ether oxygens (including phenoxy) is 1. The van der Waals surface area contributed by atoms with E-state index in [0.29, 0.717) is 0 Å². The van der Waals surface area contributed by atoms with Gasteiger partial charge in [-0.15, -0.1) is 0 Å². The summed E-state index contributed by atoms with van der Waals surface area (Å²) in [5, 5.41) is 2.47. The van der Waals surface area contributed by atoms with Crippen LogP contribution in [0.15, 0.2) is 0 Å². The molecule has 0 spiro atoms. The molecule has 0 bridgehead atoms. The first-order valence-electron chi connectivity index (χ1n) is 4.15. The van der Waals surface area contributed by atoms with Crippen molar-refractivity contribution in [1.82, 2.24) is 5.32 Å². The Kier molecular flexibility index (Phi) is 3.69. The van der Waals surface area contributed by atoms with E-state index >= 15 is 0 Å². The van der Waals surface area contributed by atoms with Gasteiger partial charge in [0.2, 0.25) is 0 Å². The zero-order valence-corrected chi connectivity index (χ0v) is 8.68. The molecule has 0 fully saturated rings. The fourth-order valence-corrected chi connectivity index (χ4v) is 0.577. The van der Waals surface area contributed by atoms with Crippen LogP contribution >= 0.6 is 0 Å². The van der Waals surface area contributed by atoms with Crippen molar-refractivity contribution in [1.29, 1.82) is 0 Å². The van der Waals surface area contributed by atoms with Gasteiger partial charge in [0.1, 0.15) is 5.60 Å². The molecule has 0 aromatic rings. The highest BCUT2D eigenvalue weighted by Crippen LogP contribution is 2.06. The minimum Gasteiger partial charge on any atom is -0.444 e. The van der Waals surface area contributed by atoms with Gasteiger partial charge in [-0.1, -0.05) is 0 Å². The van der Waals surface area contributed by atoms with Crippen molar-refractivity contribution in [3.63, 3.8) is 0 Å². The maximum Gasteiger partial charge on any atom is 0.407 e. The molecule has 13 heavy (non-hydrogen) atoms. The SMILES string of the molecule is CC(N)(N)CNC(=O)OC(C)(C)C. The van der Waals surface area contributed by atoms with E-state index in [1.807, 2.05) is 0 Å². The molecule has 0 aromatic carbocycles. The van der Waals surface area contributed by atoms with E-state index in [4.69, 9.17) is 16.2 Å². The fourth-order valence-electron chi connectivity index (χ4n) is 0.577. The number of alkyl carbamates (subject to hydrolysis) is 1. The highest BCUT2D eigenvalue weighted by atomic mass is 16.6. The second kappa shape index (κ2) is 3.93. The summed E-state index contributed by atoms with van der Waals surface area (Å²) in [7, 11) is 0. The number of carbonyl (C=O) groups is 1. The number of rotatable bonds is 2. The number of hydrogen-bond donors (Lipinski definition) is 3. The highest BCUT2D eigenvalue weighted by molar-refractivity contribution is 5.67. The van der Waals surface area contributed by atoms with E-state index < -0.39 is 17.4 Å². The molecule has 0 atom stereocenters. The summed E-state index contributed by atoms with van der Waals surface area (Å²) in [4.78, 5) is 11.1. The predicted molar refractivity (Wildman–Crippen MR) is 51.0 cm³/mol. The molecule has 0 aliphatic carbocycles. The van der Waals surface area contributed by atoms with Crippen molar-refractivity contribution < 1.29 is 9.53 Å². The normalized spacial score (nSPS) is 12.5. The van der Waals surface area contributed by atoms with Gasteiger partial charge in [-0.05, 0) is 27.7 Å². The Balaban J connectivity index is 3.78. The van der Waals surface area contributed by atoms with Crippen LogP contribution in [0.3, 0.4) is 0 Å². The Morgan fingerprint density at radius 3 is 2.08 bits per heavy atom. The van der Waals surface area contributed by atoms with Crippen LogP contribution in [0.5, 0.6) is 0 Å². The van der Waals surface area contributed by atoms with Crippen molar-refractivity contribution >= 4 is 6.09 Å². The number of carbonyl (C=O) groups excluding carboxylic acids is 1. The molecule has 5 heteroatoms. The van der Waals surface area contributed by atoms with Crippen LogP contribution in [-0.2, 0) is 4.74 Å². The summed E-state index contributed by atoms with van der Waals surface area (Å²) in [6.07, 6.45) is -0.505. The zero-order valence-electron chi connectivity index (χ0n) is 8.68. The van der Waals surface area contributed by atoms with Gasteiger partial charge in [-0.25, -0.2) is 4.79 Å². The summed E-state index contributed by atoms with van der Waals surface area (Å²) in [6.45, 7) is 7.16. The Morgan fingerprint density at radius 2 is 1.77 bits per heavy atom. The van der Waals surface area contributed by atoms with Crippen molar-refractivity contribution in [3.8, 4) is 0 Å². The molecule has 0 aliphatic heterocycles. The van der Waals surface area contributed by atoms with E-state index in [-0.39, 0.29) is 6.54 Å². The molecule has 0 radical (unpaired) electrons. The second-order valence-corrected chi connectivity index (χ2v) is 4.36. The molecular weight excluding hydrogens is 170 g/mol. The van der Waals surface area contributed by atoms with Crippen LogP contribution in [-0.4, -0.2) is 23.9 Å². The topological polar surface area (TPSA) is 90.4 Å². The van der Waals surface area contributed by atoms with E-state index in [1.165, 1.54) is 0 Å². The lowest BCUT2D eigenvalue weighted by Crippen LogP contribution is -2.55. The molecule has 0 unspecified atom stereocenters. The molecule has 0 aliphatic rings. The predicted octanol–water partition coefficient (Wildman–Crippen LogP) is 0.145. The van der Waals surface area contributed by atoms with Crippen molar-refractivity contribution in [2.75, 3.05) is 6.54 Å². The van der Waals surface area contributed by atoms with Gasteiger partial charge in [0.05, 0.1) is 12.2 Å². The third-order valence-corrected chi connectivity index (χ3v) is 1.01. The average molecular weight is 189 g/mol. The van der Waals surface area contributed by atoms with Gasteiger partial charge in [-0.2, -0.15) is 0 Å².